The summed E-state index contributed by atoms with van der Waals surface area (Å²) in [6.07, 6.45) is 5.52. The number of nitro groups is 1. The second-order valence-electron chi connectivity index (χ2n) is 5.12. The number of anilines is 2. The van der Waals surface area contributed by atoms with E-state index >= 15 is 0 Å². The van der Waals surface area contributed by atoms with E-state index in [9.17, 15) is 14.9 Å². The smallest absolute Gasteiger partial charge is 0.329 e. The van der Waals surface area contributed by atoms with Gasteiger partial charge in [0.1, 0.15) is 6.20 Å². The number of hydrogen-bond donors (Lipinski definition) is 3. The molecule has 1 aliphatic rings. The number of rotatable bonds is 4. The Hall–Kier alpha value is -2.45. The first kappa shape index (κ1) is 14.9. The number of nitrogen functional groups attached to an aromatic ring is 1. The van der Waals surface area contributed by atoms with Crippen molar-refractivity contribution < 1.29 is 9.72 Å². The lowest BCUT2D eigenvalue weighted by atomic mass is 9.94. The van der Waals surface area contributed by atoms with Crippen LogP contribution in [-0.2, 0) is 4.79 Å². The van der Waals surface area contributed by atoms with Crippen LogP contribution in [0.2, 0.25) is 0 Å². The summed E-state index contributed by atoms with van der Waals surface area (Å²) in [6.45, 7) is 0. The molecule has 1 heterocycles. The van der Waals surface area contributed by atoms with Crippen molar-refractivity contribution in [3.8, 4) is 0 Å². The summed E-state index contributed by atoms with van der Waals surface area (Å²) in [5, 5.41) is 13.7. The summed E-state index contributed by atoms with van der Waals surface area (Å²) in [5.74, 6) is -0.685. The van der Waals surface area contributed by atoms with Gasteiger partial charge in [-0.25, -0.2) is 4.98 Å². The molecule has 21 heavy (non-hydrogen) atoms. The first-order valence-corrected chi connectivity index (χ1v) is 6.82. The molecule has 0 radical (unpaired) electrons. The van der Waals surface area contributed by atoms with Crippen LogP contribution in [-0.4, -0.2) is 26.8 Å². The summed E-state index contributed by atoms with van der Waals surface area (Å²) in [6, 6.07) is -0.175. The molecule has 1 aliphatic carbocycles. The molecule has 1 saturated carbocycles. The molecule has 5 N–H and O–H groups in total. The van der Waals surface area contributed by atoms with Gasteiger partial charge >= 0.3 is 5.69 Å². The lowest BCUT2D eigenvalue weighted by molar-refractivity contribution is -0.384. The fourth-order valence-corrected chi connectivity index (χ4v) is 2.59. The average molecular weight is 294 g/mol. The summed E-state index contributed by atoms with van der Waals surface area (Å²) in [7, 11) is 0. The second kappa shape index (κ2) is 6.33. The Morgan fingerprint density at radius 1 is 1.38 bits per heavy atom. The Kier molecular flexibility index (Phi) is 4.51. The minimum absolute atomic E-state index is 0.175. The largest absolute Gasteiger partial charge is 0.378 e. The lowest BCUT2D eigenvalue weighted by Gasteiger charge is -2.23. The molecule has 1 fully saturated rings. The van der Waals surface area contributed by atoms with Crippen molar-refractivity contribution in [3.05, 3.63) is 16.3 Å². The van der Waals surface area contributed by atoms with Crippen molar-refractivity contribution in [2.45, 2.75) is 38.1 Å². The van der Waals surface area contributed by atoms with Crippen LogP contribution in [0.5, 0.6) is 0 Å². The van der Waals surface area contributed by atoms with E-state index in [0.717, 1.165) is 38.3 Å². The molecule has 0 spiro atoms. The van der Waals surface area contributed by atoms with Crippen molar-refractivity contribution in [1.82, 2.24) is 9.97 Å². The maximum Gasteiger partial charge on any atom is 0.329 e. The van der Waals surface area contributed by atoms with Crippen LogP contribution in [0.3, 0.4) is 0 Å². The Bertz CT molecular complexity index is 550. The Labute approximate surface area is 121 Å². The fourth-order valence-electron chi connectivity index (χ4n) is 2.59. The number of hydrogen-bond acceptors (Lipinski definition) is 7. The molecule has 0 aromatic carbocycles. The molecule has 9 heteroatoms. The zero-order chi connectivity index (χ0) is 15.4. The van der Waals surface area contributed by atoms with Crippen molar-refractivity contribution in [3.63, 3.8) is 0 Å². The van der Waals surface area contributed by atoms with E-state index in [1.54, 1.807) is 0 Å². The minimum atomic E-state index is -0.642. The van der Waals surface area contributed by atoms with Crippen molar-refractivity contribution in [1.29, 1.82) is 0 Å². The van der Waals surface area contributed by atoms with Crippen LogP contribution in [0.4, 0.5) is 17.5 Å². The highest BCUT2D eigenvalue weighted by atomic mass is 16.6. The molecular weight excluding hydrogens is 276 g/mol. The van der Waals surface area contributed by atoms with Gasteiger partial charge in [0.2, 0.25) is 17.7 Å². The zero-order valence-electron chi connectivity index (χ0n) is 11.5. The van der Waals surface area contributed by atoms with Crippen LogP contribution in [0, 0.1) is 16.0 Å². The molecule has 9 nitrogen and oxygen atoms in total. The number of nitrogens with one attached hydrogen (secondary N) is 1. The number of carbonyl (C=O) groups excluding carboxylic acids is 1. The van der Waals surface area contributed by atoms with Crippen LogP contribution < -0.4 is 16.8 Å². The highest BCUT2D eigenvalue weighted by Gasteiger charge is 2.29. The van der Waals surface area contributed by atoms with Crippen molar-refractivity contribution >= 4 is 23.4 Å². The molecule has 0 bridgehead atoms. The Balaban J connectivity index is 2.16. The fraction of sp³-hybridized carbons (Fsp3) is 0.583. The normalized spacial score (nSPS) is 22.3. The number of amides is 1. The van der Waals surface area contributed by atoms with Gasteiger partial charge in [0.05, 0.1) is 10.8 Å². The molecule has 114 valence electrons. The summed E-state index contributed by atoms with van der Waals surface area (Å²) in [5.41, 5.74) is 10.6. The highest BCUT2D eigenvalue weighted by molar-refractivity contribution is 5.78. The van der Waals surface area contributed by atoms with E-state index in [1.165, 1.54) is 0 Å². The first-order chi connectivity index (χ1) is 9.99. The number of carbonyl (C=O) groups is 1. The Morgan fingerprint density at radius 2 is 2.10 bits per heavy atom. The van der Waals surface area contributed by atoms with Gasteiger partial charge in [-0.3, -0.25) is 14.9 Å². The molecule has 1 aromatic heterocycles. The van der Waals surface area contributed by atoms with Gasteiger partial charge in [-0.05, 0) is 12.8 Å². The van der Waals surface area contributed by atoms with Crippen LogP contribution in [0.1, 0.15) is 32.1 Å². The molecule has 1 aromatic rings. The molecule has 0 unspecified atom stereocenters. The van der Waals surface area contributed by atoms with E-state index in [4.69, 9.17) is 11.5 Å². The quantitative estimate of drug-likeness (QED) is 0.422. The van der Waals surface area contributed by atoms with E-state index in [2.05, 4.69) is 15.3 Å². The van der Waals surface area contributed by atoms with E-state index in [-0.39, 0.29) is 35.3 Å². The van der Waals surface area contributed by atoms with Crippen molar-refractivity contribution in [2.24, 2.45) is 11.7 Å². The minimum Gasteiger partial charge on any atom is -0.378 e. The second-order valence-corrected chi connectivity index (χ2v) is 5.12. The summed E-state index contributed by atoms with van der Waals surface area (Å²) < 4.78 is 0. The monoisotopic (exact) mass is 294 g/mol. The van der Waals surface area contributed by atoms with Crippen molar-refractivity contribution in [2.75, 3.05) is 11.1 Å². The third-order valence-electron chi connectivity index (χ3n) is 3.69. The van der Waals surface area contributed by atoms with Gasteiger partial charge in [-0.1, -0.05) is 19.3 Å². The van der Waals surface area contributed by atoms with Gasteiger partial charge in [0.15, 0.2) is 0 Å². The maximum atomic E-state index is 11.5. The summed E-state index contributed by atoms with van der Waals surface area (Å²) >= 11 is 0. The average Bonchev–Trinajstić information content (AvgIpc) is 2.63. The van der Waals surface area contributed by atoms with E-state index < -0.39 is 4.92 Å². The number of nitrogens with two attached hydrogens (primary N) is 2. The zero-order valence-corrected chi connectivity index (χ0v) is 11.5. The van der Waals surface area contributed by atoms with Gasteiger partial charge in [0.25, 0.3) is 0 Å². The maximum absolute atomic E-state index is 11.5. The van der Waals surface area contributed by atoms with E-state index in [1.807, 2.05) is 0 Å². The third-order valence-corrected chi connectivity index (χ3v) is 3.69. The standard InChI is InChI=1S/C12H18N6O3/c13-10-9(18(20)21)6-15-12(17-10)16-8-5-3-1-2-4-7(8)11(14)19/h6-8H,1-5H2,(H2,14,19)(H3,13,15,16,17)/t7-,8+/m1/s1. The number of nitrogens with zero attached hydrogens (tertiary/aromatic N) is 3. The molecule has 0 saturated heterocycles. The first-order valence-electron chi connectivity index (χ1n) is 6.82. The van der Waals surface area contributed by atoms with Gasteiger partial charge in [0, 0.05) is 6.04 Å². The number of aromatic nitrogens is 2. The molecule has 2 rings (SSSR count). The SMILES string of the molecule is NC(=O)[C@@H]1CCCCC[C@@H]1Nc1ncc([N+](=O)[O-])c(N)n1. The van der Waals surface area contributed by atoms with Crippen LogP contribution in [0.15, 0.2) is 6.20 Å². The molecule has 0 aliphatic heterocycles. The predicted octanol–water partition coefficient (Wildman–Crippen LogP) is 0.813. The van der Waals surface area contributed by atoms with E-state index in [0.29, 0.717) is 0 Å². The van der Waals surface area contributed by atoms with Gasteiger partial charge in [-0.2, -0.15) is 4.98 Å². The van der Waals surface area contributed by atoms with Crippen LogP contribution >= 0.6 is 0 Å². The Morgan fingerprint density at radius 3 is 2.71 bits per heavy atom. The number of primary amides is 1. The lowest BCUT2D eigenvalue weighted by Crippen LogP contribution is -2.38. The topological polar surface area (TPSA) is 150 Å². The van der Waals surface area contributed by atoms with Gasteiger partial charge in [-0.15, -0.1) is 0 Å². The highest BCUT2D eigenvalue weighted by Crippen LogP contribution is 2.26. The molecule has 2 atom stereocenters. The molecular formula is C12H18N6O3. The van der Waals surface area contributed by atoms with Gasteiger partial charge < -0.3 is 16.8 Å². The summed E-state index contributed by atoms with van der Waals surface area (Å²) in [4.78, 5) is 29.3. The third kappa shape index (κ3) is 3.56. The molecule has 1 amide bonds. The predicted molar refractivity (Wildman–Crippen MR) is 76.3 cm³/mol. The van der Waals surface area contributed by atoms with Crippen LogP contribution in [0.25, 0.3) is 0 Å².